The van der Waals surface area contributed by atoms with Crippen LogP contribution in [0, 0.1) is 5.82 Å². The van der Waals surface area contributed by atoms with Crippen LogP contribution in [-0.2, 0) is 16.0 Å². The van der Waals surface area contributed by atoms with Crippen molar-refractivity contribution in [3.05, 3.63) is 35.6 Å². The van der Waals surface area contributed by atoms with Crippen molar-refractivity contribution in [3.8, 4) is 0 Å². The molecule has 0 radical (unpaired) electrons. The average molecular weight is 320 g/mol. The van der Waals surface area contributed by atoms with Crippen molar-refractivity contribution in [2.45, 2.75) is 43.7 Å². The molecule has 0 aromatic heterocycles. The van der Waals surface area contributed by atoms with Crippen molar-refractivity contribution >= 4 is 11.8 Å². The molecule has 0 aliphatic carbocycles. The van der Waals surface area contributed by atoms with Crippen molar-refractivity contribution in [1.82, 2.24) is 10.2 Å². The minimum atomic E-state index is -0.988. The molecule has 0 saturated carbocycles. The molecular weight excluding hydrogens is 299 g/mol. The molecule has 5 nitrogen and oxygen atoms in total. The summed E-state index contributed by atoms with van der Waals surface area (Å²) in [6.07, 6.45) is 2.00. The highest BCUT2D eigenvalue weighted by molar-refractivity contribution is 5.90. The maximum absolute atomic E-state index is 13.7. The van der Waals surface area contributed by atoms with Crippen LogP contribution < -0.4 is 5.32 Å². The number of carbonyl (C=O) groups excluding carboxylic acids is 2. The maximum atomic E-state index is 13.7. The lowest BCUT2D eigenvalue weighted by molar-refractivity contribution is -0.138. The highest BCUT2D eigenvalue weighted by atomic mass is 19.1. The molecule has 1 atom stereocenters. The van der Waals surface area contributed by atoms with Gasteiger partial charge in [0.25, 0.3) is 0 Å². The van der Waals surface area contributed by atoms with Gasteiger partial charge in [-0.3, -0.25) is 9.59 Å². The Bertz CT molecular complexity index is 612. The molecule has 124 valence electrons. The molecule has 6 heteroatoms. The standard InChI is InChI=1S/C17H21FN2O3/c18-13-4-2-1-3-12(13)11-17(23)7-9-20(10-8-17)16(22)14-5-6-15(21)19-14/h1-4,14,23H,5-11H2,(H,19,21)/t14-/m1/s1. The number of likely N-dealkylation sites (tertiary alicyclic amines) is 1. The van der Waals surface area contributed by atoms with Crippen LogP contribution in [0.15, 0.2) is 24.3 Å². The van der Waals surface area contributed by atoms with Crippen LogP contribution in [-0.4, -0.2) is 46.6 Å². The molecule has 2 N–H and O–H groups in total. The van der Waals surface area contributed by atoms with Crippen molar-refractivity contribution in [1.29, 1.82) is 0 Å². The summed E-state index contributed by atoms with van der Waals surface area (Å²) in [6, 6.07) is 6.02. The minimum absolute atomic E-state index is 0.0798. The molecule has 23 heavy (non-hydrogen) atoms. The van der Waals surface area contributed by atoms with Gasteiger partial charge in [0.1, 0.15) is 11.9 Å². The zero-order valence-corrected chi connectivity index (χ0v) is 12.9. The number of hydrogen-bond acceptors (Lipinski definition) is 3. The molecule has 2 amide bonds. The second-order valence-corrected chi connectivity index (χ2v) is 6.48. The van der Waals surface area contributed by atoms with E-state index in [0.717, 1.165) is 0 Å². The summed E-state index contributed by atoms with van der Waals surface area (Å²) in [7, 11) is 0. The van der Waals surface area contributed by atoms with E-state index in [1.54, 1.807) is 23.1 Å². The van der Waals surface area contributed by atoms with Gasteiger partial charge < -0.3 is 15.3 Å². The number of rotatable bonds is 3. The van der Waals surface area contributed by atoms with Crippen molar-refractivity contribution in [3.63, 3.8) is 0 Å². The number of benzene rings is 1. The van der Waals surface area contributed by atoms with Gasteiger partial charge in [0.2, 0.25) is 11.8 Å². The number of nitrogens with zero attached hydrogens (tertiary/aromatic N) is 1. The third kappa shape index (κ3) is 3.52. The normalized spacial score (nSPS) is 23.7. The van der Waals surface area contributed by atoms with Gasteiger partial charge in [0.05, 0.1) is 5.60 Å². The topological polar surface area (TPSA) is 69.6 Å². The Kier molecular flexibility index (Phi) is 4.35. The fourth-order valence-electron chi connectivity index (χ4n) is 3.34. The molecule has 2 heterocycles. The van der Waals surface area contributed by atoms with E-state index < -0.39 is 11.6 Å². The summed E-state index contributed by atoms with van der Waals surface area (Å²) in [5, 5.41) is 13.4. The Labute approximate surface area is 134 Å². The summed E-state index contributed by atoms with van der Waals surface area (Å²) >= 11 is 0. The first kappa shape index (κ1) is 15.9. The van der Waals surface area contributed by atoms with Crippen LogP contribution in [0.2, 0.25) is 0 Å². The second-order valence-electron chi connectivity index (χ2n) is 6.48. The maximum Gasteiger partial charge on any atom is 0.245 e. The first-order chi connectivity index (χ1) is 11.0. The van der Waals surface area contributed by atoms with E-state index in [-0.39, 0.29) is 24.1 Å². The van der Waals surface area contributed by atoms with E-state index in [4.69, 9.17) is 0 Å². The van der Waals surface area contributed by atoms with Gasteiger partial charge in [0.15, 0.2) is 0 Å². The molecule has 0 spiro atoms. The number of hydrogen-bond donors (Lipinski definition) is 2. The zero-order chi connectivity index (χ0) is 16.4. The summed E-state index contributed by atoms with van der Waals surface area (Å²) in [5.74, 6) is -0.478. The molecule has 2 aliphatic rings. The second kappa shape index (κ2) is 6.28. The Morgan fingerprint density at radius 3 is 2.65 bits per heavy atom. The van der Waals surface area contributed by atoms with Gasteiger partial charge in [-0.1, -0.05) is 18.2 Å². The van der Waals surface area contributed by atoms with Gasteiger partial charge >= 0.3 is 0 Å². The van der Waals surface area contributed by atoms with E-state index in [1.165, 1.54) is 6.07 Å². The third-order valence-corrected chi connectivity index (χ3v) is 4.78. The molecule has 2 saturated heterocycles. The highest BCUT2D eigenvalue weighted by Gasteiger charge is 2.37. The molecular formula is C17H21FN2O3. The van der Waals surface area contributed by atoms with E-state index in [2.05, 4.69) is 5.32 Å². The zero-order valence-electron chi connectivity index (χ0n) is 12.9. The smallest absolute Gasteiger partial charge is 0.245 e. The van der Waals surface area contributed by atoms with Crippen LogP contribution in [0.25, 0.3) is 0 Å². The number of nitrogens with one attached hydrogen (secondary N) is 1. The summed E-state index contributed by atoms with van der Waals surface area (Å²) in [5.41, 5.74) is -0.490. The number of halogens is 1. The first-order valence-corrected chi connectivity index (χ1v) is 8.01. The van der Waals surface area contributed by atoms with Crippen LogP contribution in [0.5, 0.6) is 0 Å². The summed E-state index contributed by atoms with van der Waals surface area (Å²) in [4.78, 5) is 25.2. The predicted molar refractivity (Wildman–Crippen MR) is 82.0 cm³/mol. The first-order valence-electron chi connectivity index (χ1n) is 8.01. The van der Waals surface area contributed by atoms with Gasteiger partial charge in [-0.2, -0.15) is 0 Å². The Morgan fingerprint density at radius 1 is 1.35 bits per heavy atom. The van der Waals surface area contributed by atoms with Crippen LogP contribution >= 0.6 is 0 Å². The lowest BCUT2D eigenvalue weighted by Gasteiger charge is -2.39. The fourth-order valence-corrected chi connectivity index (χ4v) is 3.34. The van der Waals surface area contributed by atoms with Crippen LogP contribution in [0.3, 0.4) is 0 Å². The van der Waals surface area contributed by atoms with Crippen molar-refractivity contribution < 1.29 is 19.1 Å². The lowest BCUT2D eigenvalue weighted by Crippen LogP contribution is -2.52. The van der Waals surface area contributed by atoms with E-state index in [0.29, 0.717) is 44.3 Å². The molecule has 0 bridgehead atoms. The molecule has 2 fully saturated rings. The SMILES string of the molecule is O=C1CC[C@H](C(=O)N2CCC(O)(Cc3ccccc3F)CC2)N1. The van der Waals surface area contributed by atoms with Gasteiger partial charge in [-0.15, -0.1) is 0 Å². The molecule has 2 aliphatic heterocycles. The number of carbonyl (C=O) groups is 2. The Hall–Kier alpha value is -1.95. The fraction of sp³-hybridized carbons (Fsp3) is 0.529. The third-order valence-electron chi connectivity index (χ3n) is 4.78. The molecule has 1 aromatic carbocycles. The van der Waals surface area contributed by atoms with Gasteiger partial charge in [0, 0.05) is 25.9 Å². The monoisotopic (exact) mass is 320 g/mol. The molecule has 0 unspecified atom stereocenters. The Balaban J connectivity index is 1.58. The lowest BCUT2D eigenvalue weighted by atomic mass is 9.85. The molecule has 1 aromatic rings. The van der Waals surface area contributed by atoms with Crippen LogP contribution in [0.4, 0.5) is 4.39 Å². The van der Waals surface area contributed by atoms with Crippen molar-refractivity contribution in [2.75, 3.05) is 13.1 Å². The van der Waals surface area contributed by atoms with Crippen molar-refractivity contribution in [2.24, 2.45) is 0 Å². The van der Waals surface area contributed by atoms with E-state index in [1.807, 2.05) is 0 Å². The van der Waals surface area contributed by atoms with E-state index in [9.17, 15) is 19.1 Å². The van der Waals surface area contributed by atoms with Gasteiger partial charge in [-0.25, -0.2) is 4.39 Å². The van der Waals surface area contributed by atoms with Crippen LogP contribution in [0.1, 0.15) is 31.2 Å². The summed E-state index contributed by atoms with van der Waals surface area (Å²) in [6.45, 7) is 0.853. The highest BCUT2D eigenvalue weighted by Crippen LogP contribution is 2.28. The number of piperidine rings is 1. The number of aliphatic hydroxyl groups is 1. The summed E-state index contributed by atoms with van der Waals surface area (Å²) < 4.78 is 13.7. The predicted octanol–water partition coefficient (Wildman–Crippen LogP) is 1.00. The van der Waals surface area contributed by atoms with Gasteiger partial charge in [-0.05, 0) is 30.9 Å². The largest absolute Gasteiger partial charge is 0.389 e. The molecule has 3 rings (SSSR count). The Morgan fingerprint density at radius 2 is 2.04 bits per heavy atom. The van der Waals surface area contributed by atoms with E-state index >= 15 is 0 Å². The number of amides is 2. The quantitative estimate of drug-likeness (QED) is 0.873. The average Bonchev–Trinajstić information content (AvgIpc) is 2.96. The minimum Gasteiger partial charge on any atom is -0.389 e.